The zero-order chi connectivity index (χ0) is 17.8. The fourth-order valence-electron chi connectivity index (χ4n) is 3.74. The Morgan fingerprint density at radius 2 is 1.68 bits per heavy atom. The highest BCUT2D eigenvalue weighted by atomic mass is 16.6. The Balaban J connectivity index is 2.11. The van der Waals surface area contributed by atoms with E-state index in [4.69, 9.17) is 9.47 Å². The molecule has 0 aliphatic carbocycles. The van der Waals surface area contributed by atoms with E-state index in [1.807, 2.05) is 45.0 Å². The van der Waals surface area contributed by atoms with Crippen LogP contribution in [0.3, 0.4) is 0 Å². The molecular formula is C21H18O4. The van der Waals surface area contributed by atoms with Crippen molar-refractivity contribution in [3.63, 3.8) is 0 Å². The number of phenols is 1. The number of hydrogen-bond donors (Lipinski definition) is 1. The van der Waals surface area contributed by atoms with Crippen molar-refractivity contribution in [1.29, 1.82) is 0 Å². The number of hydrogen-bond acceptors (Lipinski definition) is 4. The van der Waals surface area contributed by atoms with Gasteiger partial charge in [0.1, 0.15) is 17.2 Å². The van der Waals surface area contributed by atoms with E-state index in [1.165, 1.54) is 0 Å². The van der Waals surface area contributed by atoms with E-state index in [0.717, 1.165) is 16.7 Å². The molecule has 1 saturated heterocycles. The number of carbonyl (C=O) groups excluding carboxylic acids is 1. The highest BCUT2D eigenvalue weighted by molar-refractivity contribution is 5.99. The van der Waals surface area contributed by atoms with Crippen LogP contribution in [0.2, 0.25) is 0 Å². The number of rotatable bonds is 0. The molecule has 4 rings (SSSR count). The molecular weight excluding hydrogens is 316 g/mol. The van der Waals surface area contributed by atoms with E-state index < -0.39 is 5.60 Å². The number of phenolic OH excluding ortho intramolecular Hbond substituents is 1. The summed E-state index contributed by atoms with van der Waals surface area (Å²) >= 11 is 0. The molecule has 1 unspecified atom stereocenters. The lowest BCUT2D eigenvalue weighted by atomic mass is 9.76. The summed E-state index contributed by atoms with van der Waals surface area (Å²) in [6.07, 6.45) is 3.68. The number of esters is 1. The van der Waals surface area contributed by atoms with Crippen molar-refractivity contribution in [3.05, 3.63) is 76.4 Å². The Morgan fingerprint density at radius 1 is 1.00 bits per heavy atom. The molecule has 1 fully saturated rings. The minimum absolute atomic E-state index is 0.0996. The molecule has 2 aromatic rings. The molecule has 2 aliphatic rings. The summed E-state index contributed by atoms with van der Waals surface area (Å²) in [6.45, 7) is 5.70. The fourth-order valence-corrected chi connectivity index (χ4v) is 3.74. The van der Waals surface area contributed by atoms with Crippen molar-refractivity contribution in [2.45, 2.75) is 26.4 Å². The minimum Gasteiger partial charge on any atom is -0.508 e. The average molecular weight is 334 g/mol. The maximum absolute atomic E-state index is 12.6. The maximum atomic E-state index is 12.6. The van der Waals surface area contributed by atoms with Crippen molar-refractivity contribution in [1.82, 2.24) is 0 Å². The number of allylic oxidation sites excluding steroid dienone is 2. The Kier molecular flexibility index (Phi) is 3.25. The Labute approximate surface area is 146 Å². The molecule has 0 bridgehead atoms. The molecule has 4 nitrogen and oxygen atoms in total. The number of aryl methyl sites for hydroxylation is 1. The van der Waals surface area contributed by atoms with Crippen LogP contribution in [-0.4, -0.2) is 11.1 Å². The molecule has 126 valence electrons. The lowest BCUT2D eigenvalue weighted by Gasteiger charge is -2.36. The van der Waals surface area contributed by atoms with E-state index in [9.17, 15) is 9.90 Å². The molecule has 0 amide bonds. The monoisotopic (exact) mass is 334 g/mol. The first-order valence-corrected chi connectivity index (χ1v) is 8.20. The van der Waals surface area contributed by atoms with Crippen LogP contribution in [0.4, 0.5) is 0 Å². The summed E-state index contributed by atoms with van der Waals surface area (Å²) in [5.41, 5.74) is 2.82. The van der Waals surface area contributed by atoms with Crippen molar-refractivity contribution in [3.8, 4) is 17.2 Å². The highest BCUT2D eigenvalue weighted by Gasteiger charge is 2.55. The summed E-state index contributed by atoms with van der Waals surface area (Å²) in [6, 6.07) is 10.7. The number of aromatic hydroxyl groups is 1. The molecule has 25 heavy (non-hydrogen) atoms. The topological polar surface area (TPSA) is 55.8 Å². The first kappa shape index (κ1) is 15.5. The summed E-state index contributed by atoms with van der Waals surface area (Å²) < 4.78 is 12.0. The summed E-state index contributed by atoms with van der Waals surface area (Å²) in [5.74, 6) is 0.857. The van der Waals surface area contributed by atoms with Gasteiger partial charge in [-0.15, -0.1) is 0 Å². The van der Waals surface area contributed by atoms with E-state index in [0.29, 0.717) is 22.6 Å². The van der Waals surface area contributed by atoms with Crippen LogP contribution in [0.5, 0.6) is 17.2 Å². The first-order valence-electron chi connectivity index (χ1n) is 8.20. The van der Waals surface area contributed by atoms with Crippen LogP contribution >= 0.6 is 0 Å². The second kappa shape index (κ2) is 5.24. The number of benzene rings is 2. The molecule has 2 heterocycles. The number of fused-ring (bicyclic) bond motifs is 4. The normalized spacial score (nSPS) is 24.2. The molecule has 2 aliphatic heterocycles. The van der Waals surface area contributed by atoms with Crippen LogP contribution in [-0.2, 0) is 15.1 Å². The quantitative estimate of drug-likeness (QED) is 0.569. The van der Waals surface area contributed by atoms with E-state index in [2.05, 4.69) is 0 Å². The number of ether oxygens (including phenoxy) is 2. The second-order valence-electron chi connectivity index (χ2n) is 6.26. The van der Waals surface area contributed by atoms with Gasteiger partial charge in [-0.3, -0.25) is 0 Å². The Bertz CT molecular complexity index is 914. The maximum Gasteiger partial charge on any atom is 0.339 e. The third kappa shape index (κ3) is 1.97. The van der Waals surface area contributed by atoms with Gasteiger partial charge in [-0.25, -0.2) is 4.79 Å². The smallest absolute Gasteiger partial charge is 0.339 e. The van der Waals surface area contributed by atoms with Crippen LogP contribution in [0.1, 0.15) is 30.5 Å². The van der Waals surface area contributed by atoms with E-state index in [1.54, 1.807) is 24.3 Å². The second-order valence-corrected chi connectivity index (χ2v) is 6.26. The molecule has 1 atom stereocenters. The van der Waals surface area contributed by atoms with Crippen molar-refractivity contribution in [2.24, 2.45) is 0 Å². The third-order valence-corrected chi connectivity index (χ3v) is 4.79. The fraction of sp³-hybridized carbons (Fsp3) is 0.190. The third-order valence-electron chi connectivity index (χ3n) is 4.79. The van der Waals surface area contributed by atoms with Gasteiger partial charge in [0.05, 0.1) is 5.57 Å². The van der Waals surface area contributed by atoms with Crippen molar-refractivity contribution in [2.75, 3.05) is 0 Å². The van der Waals surface area contributed by atoms with Gasteiger partial charge in [0.15, 0.2) is 5.60 Å². The van der Waals surface area contributed by atoms with Crippen LogP contribution in [0.15, 0.2) is 59.7 Å². The van der Waals surface area contributed by atoms with Crippen molar-refractivity contribution >= 4 is 5.97 Å². The van der Waals surface area contributed by atoms with Gasteiger partial charge in [0, 0.05) is 22.8 Å². The van der Waals surface area contributed by atoms with Crippen molar-refractivity contribution < 1.29 is 19.4 Å². The Morgan fingerprint density at radius 3 is 2.36 bits per heavy atom. The largest absolute Gasteiger partial charge is 0.508 e. The molecule has 2 aromatic carbocycles. The molecule has 0 aromatic heterocycles. The minimum atomic E-state index is -1.06. The predicted octanol–water partition coefficient (Wildman–Crippen LogP) is 4.50. The standard InChI is InChI=1S/C21H18O4/c1-4-14-15(5-2)21(25-20(14)23)16-8-6-12(3)10-18(16)24-19-11-13(22)7-9-17(19)21/h4-11,22H,1-3H3/b14-4+,15-5+. The molecule has 1 N–H and O–H groups in total. The first-order chi connectivity index (χ1) is 12.0. The molecule has 0 radical (unpaired) electrons. The summed E-state index contributed by atoms with van der Waals surface area (Å²) in [4.78, 5) is 12.6. The zero-order valence-electron chi connectivity index (χ0n) is 14.3. The van der Waals surface area contributed by atoms with Gasteiger partial charge in [-0.1, -0.05) is 24.3 Å². The molecule has 0 saturated carbocycles. The molecule has 1 spiro atoms. The molecule has 4 heteroatoms. The predicted molar refractivity (Wildman–Crippen MR) is 93.7 cm³/mol. The van der Waals surface area contributed by atoms with E-state index in [-0.39, 0.29) is 11.7 Å². The van der Waals surface area contributed by atoms with Gasteiger partial charge < -0.3 is 14.6 Å². The van der Waals surface area contributed by atoms with Gasteiger partial charge in [0.25, 0.3) is 0 Å². The van der Waals surface area contributed by atoms with Gasteiger partial charge in [-0.05, 0) is 44.5 Å². The lowest BCUT2D eigenvalue weighted by molar-refractivity contribution is -0.143. The summed E-state index contributed by atoms with van der Waals surface area (Å²) in [5, 5.41) is 9.88. The average Bonchev–Trinajstić information content (AvgIpc) is 2.86. The van der Waals surface area contributed by atoms with Crippen LogP contribution in [0, 0.1) is 6.92 Å². The SMILES string of the molecule is C/C=C1/C(=O)OC2(/C1=C/C)c1ccc(C)cc1Oc1cc(O)ccc12. The van der Waals surface area contributed by atoms with Gasteiger partial charge in [-0.2, -0.15) is 0 Å². The zero-order valence-corrected chi connectivity index (χ0v) is 14.3. The highest BCUT2D eigenvalue weighted by Crippen LogP contribution is 2.57. The van der Waals surface area contributed by atoms with Crippen LogP contribution in [0.25, 0.3) is 0 Å². The van der Waals surface area contributed by atoms with Gasteiger partial charge in [0.2, 0.25) is 0 Å². The van der Waals surface area contributed by atoms with Crippen LogP contribution < -0.4 is 4.74 Å². The lowest BCUT2D eigenvalue weighted by Crippen LogP contribution is -2.32. The summed E-state index contributed by atoms with van der Waals surface area (Å²) in [7, 11) is 0. The Hall–Kier alpha value is -3.01. The van der Waals surface area contributed by atoms with Gasteiger partial charge >= 0.3 is 5.97 Å². The number of carbonyl (C=O) groups is 1. The van der Waals surface area contributed by atoms with E-state index >= 15 is 0 Å².